The van der Waals surface area contributed by atoms with Crippen molar-refractivity contribution in [2.75, 3.05) is 5.32 Å². The number of amides is 1. The van der Waals surface area contributed by atoms with Crippen LogP contribution in [0, 0.1) is 0 Å². The fourth-order valence-electron chi connectivity index (χ4n) is 2.30. The predicted octanol–water partition coefficient (Wildman–Crippen LogP) is 2.92. The summed E-state index contributed by atoms with van der Waals surface area (Å²) in [4.78, 5) is 23.6. The molecule has 96 valence electrons. The van der Waals surface area contributed by atoms with Crippen LogP contribution in [0.3, 0.4) is 0 Å². The van der Waals surface area contributed by atoms with E-state index in [0.29, 0.717) is 6.42 Å². The summed E-state index contributed by atoms with van der Waals surface area (Å²) in [7, 11) is 0. The summed E-state index contributed by atoms with van der Waals surface area (Å²) < 4.78 is 0. The van der Waals surface area contributed by atoms with Crippen molar-refractivity contribution in [1.29, 1.82) is 0 Å². The molecule has 0 saturated heterocycles. The van der Waals surface area contributed by atoms with Crippen molar-refractivity contribution < 1.29 is 14.7 Å². The van der Waals surface area contributed by atoms with E-state index >= 15 is 0 Å². The predicted molar refractivity (Wildman–Crippen MR) is 72.8 cm³/mol. The Morgan fingerprint density at radius 2 is 2.00 bits per heavy atom. The minimum Gasteiger partial charge on any atom is -0.478 e. The Kier molecular flexibility index (Phi) is 2.83. The molecule has 1 atom stereocenters. The van der Waals surface area contributed by atoms with Crippen molar-refractivity contribution >= 4 is 28.9 Å². The first kappa shape index (κ1) is 11.9. The van der Waals surface area contributed by atoms with Crippen molar-refractivity contribution in [2.45, 2.75) is 12.3 Å². The van der Waals surface area contributed by atoms with Gasteiger partial charge in [-0.15, -0.1) is 11.3 Å². The number of thiophene rings is 1. The van der Waals surface area contributed by atoms with Crippen LogP contribution in [-0.2, 0) is 4.79 Å². The molecule has 0 spiro atoms. The molecule has 0 unspecified atom stereocenters. The fourth-order valence-corrected chi connectivity index (χ4v) is 3.28. The number of hydrogen-bond acceptors (Lipinski definition) is 3. The minimum absolute atomic E-state index is 0.00166. The summed E-state index contributed by atoms with van der Waals surface area (Å²) in [5.41, 5.74) is 2.10. The zero-order valence-corrected chi connectivity index (χ0v) is 10.7. The second kappa shape index (κ2) is 4.51. The topological polar surface area (TPSA) is 66.4 Å². The molecule has 19 heavy (non-hydrogen) atoms. The van der Waals surface area contributed by atoms with Crippen LogP contribution in [0.25, 0.3) is 0 Å². The van der Waals surface area contributed by atoms with E-state index in [9.17, 15) is 9.59 Å². The molecule has 0 fully saturated rings. The number of anilines is 1. The molecule has 5 heteroatoms. The van der Waals surface area contributed by atoms with Gasteiger partial charge in [0.2, 0.25) is 5.91 Å². The van der Waals surface area contributed by atoms with Gasteiger partial charge in [0, 0.05) is 17.2 Å². The number of carboxylic acids is 1. The Bertz CT molecular complexity index is 645. The van der Waals surface area contributed by atoms with Crippen LogP contribution in [0.2, 0.25) is 0 Å². The van der Waals surface area contributed by atoms with Crippen molar-refractivity contribution in [2.24, 2.45) is 0 Å². The highest BCUT2D eigenvalue weighted by Gasteiger charge is 2.27. The maximum atomic E-state index is 11.7. The van der Waals surface area contributed by atoms with E-state index in [1.165, 1.54) is 0 Å². The zero-order chi connectivity index (χ0) is 13.4. The van der Waals surface area contributed by atoms with Gasteiger partial charge in [0.25, 0.3) is 0 Å². The number of benzene rings is 1. The highest BCUT2D eigenvalue weighted by molar-refractivity contribution is 7.10. The lowest BCUT2D eigenvalue weighted by atomic mass is 9.90. The lowest BCUT2D eigenvalue weighted by molar-refractivity contribution is -0.116. The Labute approximate surface area is 113 Å². The largest absolute Gasteiger partial charge is 0.478 e. The van der Waals surface area contributed by atoms with Gasteiger partial charge < -0.3 is 10.4 Å². The number of hydrogen-bond donors (Lipinski definition) is 2. The van der Waals surface area contributed by atoms with E-state index in [4.69, 9.17) is 5.11 Å². The summed E-state index contributed by atoms with van der Waals surface area (Å²) in [5, 5.41) is 13.7. The van der Waals surface area contributed by atoms with E-state index in [0.717, 1.165) is 16.1 Å². The smallest absolute Gasteiger partial charge is 0.335 e. The Morgan fingerprint density at radius 3 is 2.68 bits per heavy atom. The molecule has 0 saturated carbocycles. The Hall–Kier alpha value is -2.14. The molecule has 0 aliphatic carbocycles. The monoisotopic (exact) mass is 273 g/mol. The van der Waals surface area contributed by atoms with Crippen LogP contribution in [0.1, 0.15) is 33.1 Å². The van der Waals surface area contributed by atoms with Crippen LogP contribution in [0.4, 0.5) is 5.69 Å². The molecule has 1 amide bonds. The van der Waals surface area contributed by atoms with Gasteiger partial charge in [0.05, 0.1) is 11.3 Å². The minimum atomic E-state index is -0.940. The Balaban J connectivity index is 1.99. The maximum absolute atomic E-state index is 11.7. The molecule has 4 nitrogen and oxygen atoms in total. The van der Waals surface area contributed by atoms with Gasteiger partial charge >= 0.3 is 5.97 Å². The molecular weight excluding hydrogens is 262 g/mol. The van der Waals surface area contributed by atoms with Crippen LogP contribution >= 0.6 is 11.3 Å². The van der Waals surface area contributed by atoms with Crippen molar-refractivity contribution in [3.05, 3.63) is 51.7 Å². The molecule has 0 radical (unpaired) electrons. The van der Waals surface area contributed by atoms with Gasteiger partial charge in [0.15, 0.2) is 0 Å². The van der Waals surface area contributed by atoms with Crippen LogP contribution in [-0.4, -0.2) is 17.0 Å². The highest BCUT2D eigenvalue weighted by Crippen LogP contribution is 2.40. The first-order valence-corrected chi connectivity index (χ1v) is 6.73. The number of carbonyl (C=O) groups is 2. The van der Waals surface area contributed by atoms with E-state index in [-0.39, 0.29) is 17.4 Å². The summed E-state index contributed by atoms with van der Waals surface area (Å²) >= 11 is 1.61. The van der Waals surface area contributed by atoms with Crippen LogP contribution in [0.5, 0.6) is 0 Å². The van der Waals surface area contributed by atoms with E-state index in [2.05, 4.69) is 5.32 Å². The molecule has 3 rings (SSSR count). The first-order valence-electron chi connectivity index (χ1n) is 5.85. The third-order valence-electron chi connectivity index (χ3n) is 3.24. The summed E-state index contributed by atoms with van der Waals surface area (Å²) in [5.74, 6) is -0.922. The highest BCUT2D eigenvalue weighted by atomic mass is 32.1. The molecule has 1 aliphatic rings. The molecule has 2 N–H and O–H groups in total. The van der Waals surface area contributed by atoms with Crippen LogP contribution < -0.4 is 5.32 Å². The van der Waals surface area contributed by atoms with Crippen molar-refractivity contribution in [3.63, 3.8) is 0 Å². The van der Waals surface area contributed by atoms with Crippen molar-refractivity contribution in [1.82, 2.24) is 0 Å². The van der Waals surface area contributed by atoms with Crippen molar-refractivity contribution in [3.8, 4) is 0 Å². The second-order valence-corrected chi connectivity index (χ2v) is 5.38. The van der Waals surface area contributed by atoms with E-state index in [1.807, 2.05) is 11.4 Å². The third-order valence-corrected chi connectivity index (χ3v) is 4.27. The summed E-state index contributed by atoms with van der Waals surface area (Å²) in [6.45, 7) is 0. The SMILES string of the molecule is O=C1C[C@@H](c2ccc(C(=O)O)cc2)c2sccc2N1. The number of aromatic carboxylic acids is 1. The molecule has 1 aromatic carbocycles. The average Bonchev–Trinajstić information content (AvgIpc) is 2.85. The second-order valence-electron chi connectivity index (χ2n) is 4.43. The zero-order valence-electron chi connectivity index (χ0n) is 9.92. The first-order chi connectivity index (χ1) is 9.15. The van der Waals surface area contributed by atoms with Gasteiger partial charge in [0.1, 0.15) is 0 Å². The molecular formula is C14H11NO3S. The normalized spacial score (nSPS) is 17.7. The van der Waals surface area contributed by atoms with E-state index in [1.54, 1.807) is 35.6 Å². The average molecular weight is 273 g/mol. The summed E-state index contributed by atoms with van der Waals surface area (Å²) in [6, 6.07) is 8.64. The van der Waals surface area contributed by atoms with E-state index < -0.39 is 5.97 Å². The molecule has 2 aromatic rings. The standard InChI is InChI=1S/C14H11NO3S/c16-12-7-10(13-11(15-12)5-6-19-13)8-1-3-9(4-2-8)14(17)18/h1-6,10H,7H2,(H,15,16)(H,17,18)/t10-/m0/s1. The quantitative estimate of drug-likeness (QED) is 0.884. The number of carboxylic acid groups (broad SMARTS) is 1. The van der Waals surface area contributed by atoms with Gasteiger partial charge in [-0.05, 0) is 29.1 Å². The molecule has 0 bridgehead atoms. The number of nitrogens with one attached hydrogen (secondary N) is 1. The molecule has 1 aliphatic heterocycles. The van der Waals surface area contributed by atoms with Gasteiger partial charge in [-0.25, -0.2) is 4.79 Å². The van der Waals surface area contributed by atoms with Gasteiger partial charge in [-0.3, -0.25) is 4.79 Å². The summed E-state index contributed by atoms with van der Waals surface area (Å²) in [6.07, 6.45) is 0.403. The lowest BCUT2D eigenvalue weighted by Crippen LogP contribution is -2.21. The number of carbonyl (C=O) groups excluding carboxylic acids is 1. The number of fused-ring (bicyclic) bond motifs is 1. The maximum Gasteiger partial charge on any atom is 0.335 e. The molecule has 1 aromatic heterocycles. The number of rotatable bonds is 2. The van der Waals surface area contributed by atoms with Gasteiger partial charge in [-0.1, -0.05) is 12.1 Å². The molecule has 2 heterocycles. The third kappa shape index (κ3) is 2.13. The fraction of sp³-hybridized carbons (Fsp3) is 0.143. The van der Waals surface area contributed by atoms with Gasteiger partial charge in [-0.2, -0.15) is 0 Å². The van der Waals surface area contributed by atoms with Crippen LogP contribution in [0.15, 0.2) is 35.7 Å². The Morgan fingerprint density at radius 1 is 1.26 bits per heavy atom. The lowest BCUT2D eigenvalue weighted by Gasteiger charge is -2.22.